The van der Waals surface area contributed by atoms with Gasteiger partial charge in [-0.2, -0.15) is 0 Å². The van der Waals surface area contributed by atoms with E-state index >= 15 is 0 Å². The van der Waals surface area contributed by atoms with Crippen LogP contribution in [0.25, 0.3) is 0 Å². The first kappa shape index (κ1) is 9.89. The van der Waals surface area contributed by atoms with Crippen molar-refractivity contribution in [2.45, 2.75) is 31.2 Å². The van der Waals surface area contributed by atoms with E-state index < -0.39 is 12.1 Å². The normalized spacial score (nSPS) is 32.9. The van der Waals surface area contributed by atoms with Crippen molar-refractivity contribution < 1.29 is 24.1 Å². The molecule has 0 aromatic carbocycles. The summed E-state index contributed by atoms with van der Waals surface area (Å²) in [5.41, 5.74) is 0. The van der Waals surface area contributed by atoms with Gasteiger partial charge in [0, 0.05) is 0 Å². The average Bonchev–Trinajstić information content (AvgIpc) is 2.50. The first-order chi connectivity index (χ1) is 6.75. The smallest absolute Gasteiger partial charge is 0.332 e. The lowest BCUT2D eigenvalue weighted by Gasteiger charge is -2.27. The van der Waals surface area contributed by atoms with Crippen LogP contribution in [-0.4, -0.2) is 49.2 Å². The molecule has 1 N–H and O–H groups in total. The fourth-order valence-electron chi connectivity index (χ4n) is 1.56. The van der Waals surface area contributed by atoms with Crippen LogP contribution in [0.3, 0.4) is 0 Å². The summed E-state index contributed by atoms with van der Waals surface area (Å²) in [6, 6.07) is 0. The molecular weight excluding hydrogens is 188 g/mol. The number of hydrogen-bond acceptors (Lipinski definition) is 4. The maximum absolute atomic E-state index is 10.6. The second kappa shape index (κ2) is 4.25. The minimum atomic E-state index is -0.875. The van der Waals surface area contributed by atoms with Crippen LogP contribution >= 0.6 is 0 Å². The summed E-state index contributed by atoms with van der Waals surface area (Å²) >= 11 is 0. The predicted octanol–water partition coefficient (Wildman–Crippen LogP) is 0.0340. The molecule has 2 rings (SSSR count). The number of rotatable bonds is 4. The van der Waals surface area contributed by atoms with Crippen LogP contribution in [0.5, 0.6) is 0 Å². The Balaban J connectivity index is 1.65. The van der Waals surface area contributed by atoms with Crippen LogP contribution in [0.2, 0.25) is 0 Å². The topological polar surface area (TPSA) is 65.0 Å². The van der Waals surface area contributed by atoms with Crippen molar-refractivity contribution in [3.8, 4) is 0 Å². The van der Waals surface area contributed by atoms with E-state index in [4.69, 9.17) is 19.3 Å². The van der Waals surface area contributed by atoms with Crippen molar-refractivity contribution in [1.82, 2.24) is 0 Å². The van der Waals surface area contributed by atoms with Gasteiger partial charge in [0.2, 0.25) is 0 Å². The monoisotopic (exact) mass is 202 g/mol. The largest absolute Gasteiger partial charge is 0.479 e. The summed E-state index contributed by atoms with van der Waals surface area (Å²) in [4.78, 5) is 10.6. The van der Waals surface area contributed by atoms with Gasteiger partial charge in [-0.25, -0.2) is 4.79 Å². The minimum Gasteiger partial charge on any atom is -0.479 e. The molecule has 0 amide bonds. The van der Waals surface area contributed by atoms with Crippen LogP contribution in [0, 0.1) is 0 Å². The van der Waals surface area contributed by atoms with Gasteiger partial charge in [-0.15, -0.1) is 0 Å². The molecule has 0 spiro atoms. The maximum Gasteiger partial charge on any atom is 0.332 e. The molecule has 0 aromatic rings. The van der Waals surface area contributed by atoms with Gasteiger partial charge in [-0.05, 0) is 12.8 Å². The predicted molar refractivity (Wildman–Crippen MR) is 46.1 cm³/mol. The Kier molecular flexibility index (Phi) is 3.00. The summed E-state index contributed by atoms with van der Waals surface area (Å²) in [5, 5.41) is 8.68. The highest BCUT2D eigenvalue weighted by Crippen LogP contribution is 2.21. The Morgan fingerprint density at radius 1 is 1.43 bits per heavy atom. The summed E-state index contributed by atoms with van der Waals surface area (Å²) in [7, 11) is 0. The SMILES string of the molecule is O=C(O)C1CCC(COC2COC2)O1. The first-order valence-electron chi connectivity index (χ1n) is 4.83. The van der Waals surface area contributed by atoms with Crippen molar-refractivity contribution in [3.05, 3.63) is 0 Å². The van der Waals surface area contributed by atoms with Gasteiger partial charge >= 0.3 is 5.97 Å². The summed E-state index contributed by atoms with van der Waals surface area (Å²) in [6.45, 7) is 1.78. The fraction of sp³-hybridized carbons (Fsp3) is 0.889. The molecular formula is C9H14O5. The van der Waals surface area contributed by atoms with Gasteiger partial charge in [-0.3, -0.25) is 0 Å². The molecule has 80 valence electrons. The zero-order valence-corrected chi connectivity index (χ0v) is 7.85. The molecule has 14 heavy (non-hydrogen) atoms. The quantitative estimate of drug-likeness (QED) is 0.697. The molecule has 0 saturated carbocycles. The van der Waals surface area contributed by atoms with Crippen molar-refractivity contribution in [1.29, 1.82) is 0 Å². The second-order valence-corrected chi connectivity index (χ2v) is 3.66. The summed E-state index contributed by atoms with van der Waals surface area (Å²) in [5.74, 6) is -0.875. The number of carboxylic acids is 1. The Morgan fingerprint density at radius 2 is 2.21 bits per heavy atom. The molecule has 0 radical (unpaired) electrons. The average molecular weight is 202 g/mol. The third-order valence-corrected chi connectivity index (χ3v) is 2.51. The lowest BCUT2D eigenvalue weighted by atomic mass is 10.2. The number of carbonyl (C=O) groups is 1. The number of aliphatic carboxylic acids is 1. The number of hydrogen-bond donors (Lipinski definition) is 1. The van der Waals surface area contributed by atoms with E-state index in [-0.39, 0.29) is 12.2 Å². The number of carboxylic acid groups (broad SMARTS) is 1. The van der Waals surface area contributed by atoms with E-state index in [1.807, 2.05) is 0 Å². The van der Waals surface area contributed by atoms with Crippen molar-refractivity contribution >= 4 is 5.97 Å². The van der Waals surface area contributed by atoms with Crippen LogP contribution < -0.4 is 0 Å². The molecule has 2 heterocycles. The van der Waals surface area contributed by atoms with Gasteiger partial charge in [0.05, 0.1) is 25.9 Å². The minimum absolute atomic E-state index is 0.0586. The third-order valence-electron chi connectivity index (χ3n) is 2.51. The molecule has 2 saturated heterocycles. The van der Waals surface area contributed by atoms with Gasteiger partial charge in [0.1, 0.15) is 6.10 Å². The van der Waals surface area contributed by atoms with Gasteiger partial charge in [0.25, 0.3) is 0 Å². The van der Waals surface area contributed by atoms with E-state index in [1.165, 1.54) is 0 Å². The summed E-state index contributed by atoms with van der Waals surface area (Å²) in [6.07, 6.45) is 0.843. The third kappa shape index (κ3) is 2.23. The fourth-order valence-corrected chi connectivity index (χ4v) is 1.56. The van der Waals surface area contributed by atoms with Gasteiger partial charge < -0.3 is 19.3 Å². The van der Waals surface area contributed by atoms with Crippen molar-refractivity contribution in [2.75, 3.05) is 19.8 Å². The molecule has 2 atom stereocenters. The van der Waals surface area contributed by atoms with Gasteiger partial charge in [-0.1, -0.05) is 0 Å². The Hall–Kier alpha value is -0.650. The van der Waals surface area contributed by atoms with E-state index in [2.05, 4.69) is 0 Å². The van der Waals surface area contributed by atoms with Crippen molar-refractivity contribution in [3.63, 3.8) is 0 Å². The van der Waals surface area contributed by atoms with Crippen LogP contribution in [0.4, 0.5) is 0 Å². The van der Waals surface area contributed by atoms with Crippen LogP contribution in [0.1, 0.15) is 12.8 Å². The molecule has 2 unspecified atom stereocenters. The molecule has 2 aliphatic heterocycles. The lowest BCUT2D eigenvalue weighted by Crippen LogP contribution is -2.38. The zero-order valence-electron chi connectivity index (χ0n) is 7.85. The molecule has 5 nitrogen and oxygen atoms in total. The molecule has 0 aromatic heterocycles. The standard InChI is InChI=1S/C9H14O5/c10-9(11)8-2-1-6(14-8)5-13-7-3-12-4-7/h6-8H,1-5H2,(H,10,11). The van der Waals surface area contributed by atoms with Crippen LogP contribution in [0.15, 0.2) is 0 Å². The molecule has 5 heteroatoms. The first-order valence-corrected chi connectivity index (χ1v) is 4.83. The zero-order chi connectivity index (χ0) is 9.97. The Morgan fingerprint density at radius 3 is 2.71 bits per heavy atom. The van der Waals surface area contributed by atoms with E-state index in [1.54, 1.807) is 0 Å². The Bertz CT molecular complexity index is 213. The van der Waals surface area contributed by atoms with E-state index in [0.29, 0.717) is 26.2 Å². The lowest BCUT2D eigenvalue weighted by molar-refractivity contribution is -0.159. The second-order valence-electron chi connectivity index (χ2n) is 3.66. The highest BCUT2D eigenvalue weighted by atomic mass is 16.6. The molecule has 0 aliphatic carbocycles. The molecule has 2 fully saturated rings. The van der Waals surface area contributed by atoms with Crippen molar-refractivity contribution in [2.24, 2.45) is 0 Å². The summed E-state index contributed by atoms with van der Waals surface area (Å²) < 4.78 is 15.7. The number of ether oxygens (including phenoxy) is 3. The highest BCUT2D eigenvalue weighted by Gasteiger charge is 2.31. The highest BCUT2D eigenvalue weighted by molar-refractivity contribution is 5.72. The van der Waals surface area contributed by atoms with Crippen LogP contribution in [-0.2, 0) is 19.0 Å². The molecule has 2 aliphatic rings. The van der Waals surface area contributed by atoms with Gasteiger partial charge in [0.15, 0.2) is 6.10 Å². The Labute approximate surface area is 81.9 Å². The van der Waals surface area contributed by atoms with E-state index in [0.717, 1.165) is 6.42 Å². The van der Waals surface area contributed by atoms with E-state index in [9.17, 15) is 4.79 Å². The molecule has 0 bridgehead atoms. The maximum atomic E-state index is 10.6.